The quantitative estimate of drug-likeness (QED) is 0.176. The lowest BCUT2D eigenvalue weighted by Crippen LogP contribution is -2.02. The number of rotatable bonds is 5. The van der Waals surface area contributed by atoms with Crippen LogP contribution >= 0.6 is 0 Å². The number of aromatic nitrogens is 3. The molecule has 0 aliphatic rings. The monoisotopic (exact) mass is 741 g/mol. The maximum Gasteiger partial charge on any atom is 0.167 e. The van der Waals surface area contributed by atoms with Crippen LogP contribution in [0.4, 0.5) is 0 Å². The first-order valence-electron chi connectivity index (χ1n) is 19.4. The van der Waals surface area contributed by atoms with Gasteiger partial charge in [-0.3, -0.25) is 0 Å². The molecule has 0 bridgehead atoms. The van der Waals surface area contributed by atoms with Gasteiger partial charge in [-0.2, -0.15) is 0 Å². The highest BCUT2D eigenvalue weighted by molar-refractivity contribution is 6.14. The summed E-state index contributed by atoms with van der Waals surface area (Å²) < 4.78 is 13.2. The second-order valence-corrected chi connectivity index (χ2v) is 14.7. The van der Waals surface area contributed by atoms with Crippen molar-refractivity contribution in [2.75, 3.05) is 0 Å². The largest absolute Gasteiger partial charge is 0.455 e. The van der Waals surface area contributed by atoms with Crippen molar-refractivity contribution < 1.29 is 8.83 Å². The fourth-order valence-corrected chi connectivity index (χ4v) is 8.72. The molecule has 0 fully saturated rings. The summed E-state index contributed by atoms with van der Waals surface area (Å²) in [6.45, 7) is 0. The van der Waals surface area contributed by atoms with Crippen LogP contribution in [0.5, 0.6) is 0 Å². The molecule has 0 spiro atoms. The number of furan rings is 2. The van der Waals surface area contributed by atoms with Crippen LogP contribution in [0.2, 0.25) is 0 Å². The maximum absolute atomic E-state index is 6.60. The first kappa shape index (κ1) is 32.4. The molecule has 0 aliphatic carbocycles. The third-order valence-corrected chi connectivity index (χ3v) is 11.4. The molecule has 5 heteroatoms. The van der Waals surface area contributed by atoms with Crippen LogP contribution in [0, 0.1) is 0 Å². The number of benzene rings is 9. The lowest BCUT2D eigenvalue weighted by atomic mass is 9.86. The van der Waals surface area contributed by atoms with Gasteiger partial charge in [0.05, 0.1) is 11.1 Å². The number of para-hydroxylation sites is 4. The van der Waals surface area contributed by atoms with Crippen molar-refractivity contribution in [1.29, 1.82) is 0 Å². The Labute approximate surface area is 332 Å². The molecule has 0 amide bonds. The second kappa shape index (κ2) is 12.8. The van der Waals surface area contributed by atoms with Gasteiger partial charge in [0.25, 0.3) is 0 Å². The van der Waals surface area contributed by atoms with Gasteiger partial charge in [-0.1, -0.05) is 158 Å². The number of nitrogens with zero attached hydrogens (tertiary/aromatic N) is 3. The molecule has 3 aromatic heterocycles. The van der Waals surface area contributed by atoms with Crippen molar-refractivity contribution in [2.45, 2.75) is 0 Å². The zero-order valence-electron chi connectivity index (χ0n) is 31.1. The van der Waals surface area contributed by atoms with Crippen LogP contribution in [0.15, 0.2) is 197 Å². The van der Waals surface area contributed by atoms with Crippen molar-refractivity contribution in [1.82, 2.24) is 15.0 Å². The van der Waals surface area contributed by atoms with Gasteiger partial charge in [-0.05, 0) is 74.1 Å². The van der Waals surface area contributed by atoms with E-state index >= 15 is 0 Å². The van der Waals surface area contributed by atoms with Gasteiger partial charge < -0.3 is 8.83 Å². The molecule has 58 heavy (non-hydrogen) atoms. The molecular weight excluding hydrogens is 711 g/mol. The summed E-state index contributed by atoms with van der Waals surface area (Å²) in [4.78, 5) is 16.2. The minimum Gasteiger partial charge on any atom is -0.455 e. The average Bonchev–Trinajstić information content (AvgIpc) is 3.87. The van der Waals surface area contributed by atoms with Crippen LogP contribution < -0.4 is 0 Å². The van der Waals surface area contributed by atoms with E-state index in [4.69, 9.17) is 23.8 Å². The SMILES string of the molecule is c1ccc(-c2cc(-c3cccc4ccccc34)c(-c3nc(-c4cccc5c4oc4ccccc45)nc(-c4cccc5c4oc4ccccc45)n3)c3ccccc23)cc1. The molecule has 9 aromatic carbocycles. The Morgan fingerprint density at radius 2 is 0.759 bits per heavy atom. The molecule has 0 radical (unpaired) electrons. The van der Waals surface area contributed by atoms with E-state index in [-0.39, 0.29) is 0 Å². The molecule has 0 saturated heterocycles. The van der Waals surface area contributed by atoms with E-state index in [0.29, 0.717) is 17.5 Å². The minimum atomic E-state index is 0.512. The van der Waals surface area contributed by atoms with Gasteiger partial charge in [-0.15, -0.1) is 0 Å². The smallest absolute Gasteiger partial charge is 0.167 e. The van der Waals surface area contributed by atoms with E-state index in [2.05, 4.69) is 127 Å². The summed E-state index contributed by atoms with van der Waals surface area (Å²) >= 11 is 0. The fourth-order valence-electron chi connectivity index (χ4n) is 8.72. The highest BCUT2D eigenvalue weighted by Gasteiger charge is 2.24. The number of fused-ring (bicyclic) bond motifs is 8. The maximum atomic E-state index is 6.60. The number of hydrogen-bond acceptors (Lipinski definition) is 5. The van der Waals surface area contributed by atoms with Crippen LogP contribution in [-0.4, -0.2) is 15.0 Å². The van der Waals surface area contributed by atoms with Crippen molar-refractivity contribution >= 4 is 65.4 Å². The summed E-state index contributed by atoms with van der Waals surface area (Å²) in [5, 5.41) is 8.55. The van der Waals surface area contributed by atoms with Gasteiger partial charge in [0, 0.05) is 27.1 Å². The Bertz CT molecular complexity index is 3450. The summed E-state index contributed by atoms with van der Waals surface area (Å²) in [6, 6.07) is 65.2. The summed E-state index contributed by atoms with van der Waals surface area (Å²) in [6.07, 6.45) is 0. The van der Waals surface area contributed by atoms with Crippen LogP contribution in [-0.2, 0) is 0 Å². The Morgan fingerprint density at radius 1 is 0.293 bits per heavy atom. The fraction of sp³-hybridized carbons (Fsp3) is 0. The van der Waals surface area contributed by atoms with E-state index in [0.717, 1.165) is 104 Å². The van der Waals surface area contributed by atoms with Crippen LogP contribution in [0.3, 0.4) is 0 Å². The molecule has 0 N–H and O–H groups in total. The molecule has 0 atom stereocenters. The summed E-state index contributed by atoms with van der Waals surface area (Å²) in [7, 11) is 0. The molecule has 0 saturated carbocycles. The van der Waals surface area contributed by atoms with E-state index in [1.807, 2.05) is 60.7 Å². The van der Waals surface area contributed by atoms with Crippen molar-refractivity contribution in [3.05, 3.63) is 188 Å². The third-order valence-electron chi connectivity index (χ3n) is 11.4. The van der Waals surface area contributed by atoms with Gasteiger partial charge in [0.1, 0.15) is 22.3 Å². The zero-order chi connectivity index (χ0) is 38.2. The molecule has 5 nitrogen and oxygen atoms in total. The molecular formula is C53H31N3O2. The lowest BCUT2D eigenvalue weighted by molar-refractivity contribution is 0.669. The van der Waals surface area contributed by atoms with Crippen molar-refractivity contribution in [3.63, 3.8) is 0 Å². The first-order chi connectivity index (χ1) is 28.8. The Morgan fingerprint density at radius 3 is 1.41 bits per heavy atom. The van der Waals surface area contributed by atoms with Gasteiger partial charge in [0.2, 0.25) is 0 Å². The highest BCUT2D eigenvalue weighted by Crippen LogP contribution is 2.45. The summed E-state index contributed by atoms with van der Waals surface area (Å²) in [5.41, 5.74) is 9.97. The standard InChI is InChI=1S/C53H31N3O2/c1-2-15-33(16-3-1)44-31-45(35-24-12-18-32-17-4-5-19-34(32)35)48(39-23-7-6-20-36(39)44)53-55-51(42-27-13-25-40-37-21-8-10-29-46(37)57-49(40)42)54-52(56-53)43-28-14-26-41-38-22-9-11-30-47(38)58-50(41)43/h1-31H. The van der Waals surface area contributed by atoms with Gasteiger partial charge >= 0.3 is 0 Å². The predicted molar refractivity (Wildman–Crippen MR) is 237 cm³/mol. The molecule has 3 heterocycles. The highest BCUT2D eigenvalue weighted by atomic mass is 16.3. The molecule has 12 rings (SSSR count). The van der Waals surface area contributed by atoms with Crippen LogP contribution in [0.25, 0.3) is 122 Å². The molecule has 0 aliphatic heterocycles. The second-order valence-electron chi connectivity index (χ2n) is 14.7. The zero-order valence-corrected chi connectivity index (χ0v) is 31.1. The van der Waals surface area contributed by atoms with E-state index < -0.39 is 0 Å². The molecule has 270 valence electrons. The lowest BCUT2D eigenvalue weighted by Gasteiger charge is -2.19. The molecule has 0 unspecified atom stereocenters. The molecule has 12 aromatic rings. The number of hydrogen-bond donors (Lipinski definition) is 0. The first-order valence-corrected chi connectivity index (χ1v) is 19.4. The normalized spacial score (nSPS) is 11.8. The van der Waals surface area contributed by atoms with Crippen molar-refractivity contribution in [3.8, 4) is 56.4 Å². The predicted octanol–water partition coefficient (Wildman–Crippen LogP) is 14.3. The Balaban J connectivity index is 1.22. The summed E-state index contributed by atoms with van der Waals surface area (Å²) in [5.74, 6) is 1.58. The van der Waals surface area contributed by atoms with E-state index in [9.17, 15) is 0 Å². The van der Waals surface area contributed by atoms with Gasteiger partial charge in [-0.25, -0.2) is 15.0 Å². The average molecular weight is 742 g/mol. The Kier molecular flexibility index (Phi) is 7.16. The van der Waals surface area contributed by atoms with Crippen LogP contribution in [0.1, 0.15) is 0 Å². The van der Waals surface area contributed by atoms with Crippen molar-refractivity contribution in [2.24, 2.45) is 0 Å². The minimum absolute atomic E-state index is 0.512. The topological polar surface area (TPSA) is 65.0 Å². The Hall–Kier alpha value is -7.89. The van der Waals surface area contributed by atoms with Gasteiger partial charge in [0.15, 0.2) is 17.5 Å². The van der Waals surface area contributed by atoms with E-state index in [1.165, 1.54) is 0 Å². The van der Waals surface area contributed by atoms with E-state index in [1.54, 1.807) is 0 Å². The third kappa shape index (κ3) is 5.00.